The van der Waals surface area contributed by atoms with Crippen LogP contribution in [0.15, 0.2) is 0 Å². The largest absolute Gasteiger partial charge is 0.480 e. The Bertz CT molecular complexity index is 601. The lowest BCUT2D eigenvalue weighted by atomic mass is 10.3. The van der Waals surface area contributed by atoms with Crippen molar-refractivity contribution in [2.75, 3.05) is 5.75 Å². The molecule has 0 aliphatic rings. The van der Waals surface area contributed by atoms with E-state index in [0.717, 1.165) is 17.5 Å². The summed E-state index contributed by atoms with van der Waals surface area (Å²) >= 11 is 1.27. The van der Waals surface area contributed by atoms with Crippen LogP contribution in [0.4, 0.5) is 0 Å². The maximum Gasteiger partial charge on any atom is 0.327 e. The number of carbonyl (C=O) groups excluding carboxylic acids is 1. The summed E-state index contributed by atoms with van der Waals surface area (Å²) in [6, 6.07) is -1.44. The Morgan fingerprint density at radius 3 is 2.40 bits per heavy atom. The van der Waals surface area contributed by atoms with Gasteiger partial charge in [-0.3, -0.25) is 4.79 Å². The van der Waals surface area contributed by atoms with E-state index < -0.39 is 33.5 Å². The van der Waals surface area contributed by atoms with Crippen molar-refractivity contribution in [2.24, 2.45) is 0 Å². The lowest BCUT2D eigenvalue weighted by Crippen LogP contribution is -2.44. The number of carboxylic acid groups (broad SMARTS) is 1. The van der Waals surface area contributed by atoms with Crippen molar-refractivity contribution < 1.29 is 23.1 Å². The summed E-state index contributed by atoms with van der Waals surface area (Å²) in [6.07, 6.45) is 0. The zero-order valence-corrected chi connectivity index (χ0v) is 13.0. The number of thiazole rings is 1. The van der Waals surface area contributed by atoms with Gasteiger partial charge < -0.3 is 10.4 Å². The number of sulfone groups is 1. The first-order valence-corrected chi connectivity index (χ1v) is 8.38. The molecule has 1 aromatic heterocycles. The standard InChI is InChI=1S/C11H16N2O5S2/c1-6-7(2)19-10(12-6)5-20(17,18)4-9(11(15)16)13-8(3)14/h9H,4-5H2,1-3H3,(H,13,14)(H,15,16). The summed E-state index contributed by atoms with van der Waals surface area (Å²) < 4.78 is 23.9. The molecule has 9 heteroatoms. The number of nitrogens with one attached hydrogen (secondary N) is 1. The van der Waals surface area contributed by atoms with E-state index in [2.05, 4.69) is 10.3 Å². The van der Waals surface area contributed by atoms with Crippen LogP contribution < -0.4 is 5.32 Å². The quantitative estimate of drug-likeness (QED) is 0.777. The van der Waals surface area contributed by atoms with E-state index in [9.17, 15) is 18.0 Å². The molecular formula is C11H16N2O5S2. The minimum Gasteiger partial charge on any atom is -0.480 e. The van der Waals surface area contributed by atoms with Gasteiger partial charge in [0, 0.05) is 11.8 Å². The molecule has 0 aliphatic heterocycles. The molecule has 1 heterocycles. The molecule has 2 N–H and O–H groups in total. The van der Waals surface area contributed by atoms with Gasteiger partial charge in [-0.05, 0) is 13.8 Å². The van der Waals surface area contributed by atoms with E-state index in [1.54, 1.807) is 6.92 Å². The minimum atomic E-state index is -3.68. The first kappa shape index (κ1) is 16.6. The van der Waals surface area contributed by atoms with Gasteiger partial charge in [0.05, 0.1) is 11.4 Å². The molecule has 0 saturated carbocycles. The Hall–Kier alpha value is -1.48. The third-order valence-corrected chi connectivity index (χ3v) is 5.32. The highest BCUT2D eigenvalue weighted by molar-refractivity contribution is 7.90. The van der Waals surface area contributed by atoms with Crippen LogP contribution >= 0.6 is 11.3 Å². The van der Waals surface area contributed by atoms with Gasteiger partial charge in [0.25, 0.3) is 0 Å². The molecule has 0 fully saturated rings. The number of nitrogens with zero attached hydrogens (tertiary/aromatic N) is 1. The second-order valence-corrected chi connectivity index (χ2v) is 7.79. The lowest BCUT2D eigenvalue weighted by Gasteiger charge is -2.12. The molecule has 1 rings (SSSR count). The van der Waals surface area contributed by atoms with Crippen LogP contribution in [0.25, 0.3) is 0 Å². The monoisotopic (exact) mass is 320 g/mol. The van der Waals surface area contributed by atoms with Gasteiger partial charge in [0.2, 0.25) is 5.91 Å². The van der Waals surface area contributed by atoms with Gasteiger partial charge in [-0.1, -0.05) is 0 Å². The molecule has 0 spiro atoms. The number of hydrogen-bond acceptors (Lipinski definition) is 6. The van der Waals surface area contributed by atoms with Crippen molar-refractivity contribution >= 4 is 33.1 Å². The fraction of sp³-hybridized carbons (Fsp3) is 0.545. The summed E-state index contributed by atoms with van der Waals surface area (Å²) in [5.41, 5.74) is 0.761. The number of amides is 1. The van der Waals surface area contributed by atoms with Crippen LogP contribution in [0.3, 0.4) is 0 Å². The summed E-state index contributed by atoms with van der Waals surface area (Å²) in [6.45, 7) is 4.75. The minimum absolute atomic E-state index is 0.324. The van der Waals surface area contributed by atoms with E-state index in [-0.39, 0.29) is 5.75 Å². The Kier molecular flexibility index (Phi) is 5.23. The van der Waals surface area contributed by atoms with Gasteiger partial charge in [0.15, 0.2) is 9.84 Å². The molecule has 1 unspecified atom stereocenters. The number of hydrogen-bond donors (Lipinski definition) is 2. The zero-order chi connectivity index (χ0) is 15.5. The molecule has 0 aromatic carbocycles. The fourth-order valence-electron chi connectivity index (χ4n) is 1.52. The molecule has 0 saturated heterocycles. The smallest absolute Gasteiger partial charge is 0.327 e. The van der Waals surface area contributed by atoms with E-state index >= 15 is 0 Å². The first-order valence-electron chi connectivity index (χ1n) is 5.74. The summed E-state index contributed by atoms with van der Waals surface area (Å²) in [7, 11) is -3.68. The average molecular weight is 320 g/mol. The van der Waals surface area contributed by atoms with Crippen molar-refractivity contribution in [3.05, 3.63) is 15.6 Å². The Morgan fingerprint density at radius 2 is 2.00 bits per heavy atom. The zero-order valence-electron chi connectivity index (χ0n) is 11.3. The summed E-state index contributed by atoms with van der Waals surface area (Å²) in [5, 5.41) is 11.4. The molecule has 1 atom stereocenters. The van der Waals surface area contributed by atoms with Crippen molar-refractivity contribution in [3.63, 3.8) is 0 Å². The Balaban J connectivity index is 2.82. The van der Waals surface area contributed by atoms with Crippen molar-refractivity contribution in [2.45, 2.75) is 32.6 Å². The normalized spacial score (nSPS) is 12.9. The third-order valence-electron chi connectivity index (χ3n) is 2.51. The Morgan fingerprint density at radius 1 is 1.40 bits per heavy atom. The average Bonchev–Trinajstić information content (AvgIpc) is 2.54. The summed E-state index contributed by atoms with van der Waals surface area (Å²) in [4.78, 5) is 26.8. The van der Waals surface area contributed by atoms with Crippen LogP contribution in [0.2, 0.25) is 0 Å². The summed E-state index contributed by atoms with van der Waals surface area (Å²) in [5.74, 6) is -2.95. The predicted molar refractivity (Wildman–Crippen MR) is 74.3 cm³/mol. The van der Waals surface area contributed by atoms with E-state index in [1.807, 2.05) is 6.92 Å². The first-order chi connectivity index (χ1) is 9.10. The van der Waals surface area contributed by atoms with Gasteiger partial charge in [-0.15, -0.1) is 11.3 Å². The highest BCUT2D eigenvalue weighted by Gasteiger charge is 2.27. The molecule has 0 bridgehead atoms. The molecule has 0 radical (unpaired) electrons. The van der Waals surface area contributed by atoms with Crippen molar-refractivity contribution in [1.82, 2.24) is 10.3 Å². The number of aliphatic carboxylic acids is 1. The second-order valence-electron chi connectivity index (χ2n) is 4.40. The molecular weight excluding hydrogens is 304 g/mol. The molecule has 20 heavy (non-hydrogen) atoms. The number of rotatable bonds is 6. The molecule has 7 nitrogen and oxygen atoms in total. The number of carboxylic acids is 1. The van der Waals surface area contributed by atoms with Gasteiger partial charge >= 0.3 is 5.97 Å². The highest BCUT2D eigenvalue weighted by Crippen LogP contribution is 2.19. The van der Waals surface area contributed by atoms with Gasteiger partial charge in [-0.2, -0.15) is 0 Å². The number of carbonyl (C=O) groups is 2. The van der Waals surface area contributed by atoms with Crippen LogP contribution in [0.5, 0.6) is 0 Å². The van der Waals surface area contributed by atoms with Crippen LogP contribution in [-0.4, -0.2) is 42.2 Å². The topological polar surface area (TPSA) is 113 Å². The maximum absolute atomic E-state index is 12.0. The lowest BCUT2D eigenvalue weighted by molar-refractivity contribution is -0.140. The number of aromatic nitrogens is 1. The maximum atomic E-state index is 12.0. The molecule has 0 aliphatic carbocycles. The van der Waals surface area contributed by atoms with E-state index in [4.69, 9.17) is 5.11 Å². The SMILES string of the molecule is CC(=O)NC(CS(=O)(=O)Cc1nc(C)c(C)s1)C(=O)O. The van der Waals surface area contributed by atoms with Crippen LogP contribution in [0, 0.1) is 13.8 Å². The van der Waals surface area contributed by atoms with Gasteiger partial charge in [0.1, 0.15) is 16.8 Å². The highest BCUT2D eigenvalue weighted by atomic mass is 32.2. The molecule has 1 amide bonds. The van der Waals surface area contributed by atoms with Crippen LogP contribution in [0.1, 0.15) is 22.5 Å². The van der Waals surface area contributed by atoms with E-state index in [0.29, 0.717) is 5.01 Å². The van der Waals surface area contributed by atoms with Crippen LogP contribution in [-0.2, 0) is 25.2 Å². The third kappa shape index (κ3) is 4.89. The molecule has 112 valence electrons. The van der Waals surface area contributed by atoms with E-state index in [1.165, 1.54) is 11.3 Å². The second kappa shape index (κ2) is 6.31. The van der Waals surface area contributed by atoms with Crippen molar-refractivity contribution in [1.29, 1.82) is 0 Å². The fourth-order valence-corrected chi connectivity index (χ4v) is 4.32. The molecule has 1 aromatic rings. The number of aryl methyl sites for hydroxylation is 2. The van der Waals surface area contributed by atoms with Gasteiger partial charge in [-0.25, -0.2) is 18.2 Å². The predicted octanol–water partition coefficient (Wildman–Crippen LogP) is 0.264. The van der Waals surface area contributed by atoms with Crippen molar-refractivity contribution in [3.8, 4) is 0 Å². The Labute approximate surface area is 121 Å².